The smallest absolute Gasteiger partial charge is 0.281 e. The van der Waals surface area contributed by atoms with Crippen molar-refractivity contribution in [2.75, 3.05) is 29.5 Å². The minimum atomic E-state index is -3.16. The molecule has 3 aromatic rings. The monoisotopic (exact) mass is 647 g/mol. The van der Waals surface area contributed by atoms with Gasteiger partial charge in [-0.1, -0.05) is 12.1 Å². The van der Waals surface area contributed by atoms with Crippen molar-refractivity contribution in [2.24, 2.45) is 11.3 Å². The van der Waals surface area contributed by atoms with E-state index in [1.165, 1.54) is 6.07 Å². The van der Waals surface area contributed by atoms with Gasteiger partial charge in [0.2, 0.25) is 5.92 Å². The molecular formula is C31H30F5N5O3S. The average molecular weight is 648 g/mol. The molecule has 3 fully saturated rings. The highest BCUT2D eigenvalue weighted by atomic mass is 32.2. The Kier molecular flexibility index (Phi) is 7.95. The molecule has 2 aliphatic carbocycles. The third-order valence-electron chi connectivity index (χ3n) is 9.14. The van der Waals surface area contributed by atoms with E-state index in [-0.39, 0.29) is 54.5 Å². The zero-order chi connectivity index (χ0) is 32.1. The van der Waals surface area contributed by atoms with Crippen LogP contribution >= 0.6 is 0 Å². The quantitative estimate of drug-likeness (QED) is 0.275. The standard InChI is InChI=1S/C31H30F5N5O3S/c32-20-3-6-25(38-17-20)41-28(29(33)34)26(19-1-4-21(5-2-19)40-11-13-45(43,44)14-12-40)27(39-41)22-7-8-31(35,36)15-23(22)24(42)16-30(18-37)9-10-30/h1-6,17,22-23,29H,7-16H2/t22-,23-/m1/s1. The van der Waals surface area contributed by atoms with Crippen LogP contribution in [0.15, 0.2) is 42.6 Å². The molecule has 2 saturated carbocycles. The number of halogens is 5. The van der Waals surface area contributed by atoms with E-state index in [0.717, 1.165) is 16.9 Å². The lowest BCUT2D eigenvalue weighted by Crippen LogP contribution is -2.40. The van der Waals surface area contributed by atoms with Crippen LogP contribution in [0.5, 0.6) is 0 Å². The van der Waals surface area contributed by atoms with Crippen molar-refractivity contribution >= 4 is 21.3 Å². The first-order valence-electron chi connectivity index (χ1n) is 14.7. The topological polar surface area (TPSA) is 109 Å². The number of benzene rings is 1. The van der Waals surface area contributed by atoms with Gasteiger partial charge in [0.25, 0.3) is 6.43 Å². The highest BCUT2D eigenvalue weighted by molar-refractivity contribution is 7.91. The molecule has 0 N–H and O–H groups in total. The number of hydrogen-bond acceptors (Lipinski definition) is 7. The Labute approximate surface area is 256 Å². The number of carbonyl (C=O) groups is 1. The maximum atomic E-state index is 15.0. The molecule has 0 bridgehead atoms. The number of ketones is 1. The van der Waals surface area contributed by atoms with E-state index in [1.54, 1.807) is 24.3 Å². The molecule has 3 aliphatic rings. The van der Waals surface area contributed by atoms with Crippen molar-refractivity contribution in [1.29, 1.82) is 5.26 Å². The molecule has 45 heavy (non-hydrogen) atoms. The van der Waals surface area contributed by atoms with E-state index in [4.69, 9.17) is 0 Å². The van der Waals surface area contributed by atoms with Crippen LogP contribution in [-0.2, 0) is 14.6 Å². The van der Waals surface area contributed by atoms with Crippen LogP contribution in [0.4, 0.5) is 27.6 Å². The van der Waals surface area contributed by atoms with Crippen molar-refractivity contribution in [3.05, 3.63) is 59.8 Å². The predicted octanol–water partition coefficient (Wildman–Crippen LogP) is 6.03. The van der Waals surface area contributed by atoms with E-state index in [1.807, 2.05) is 4.90 Å². The number of rotatable bonds is 8. The van der Waals surface area contributed by atoms with Crippen LogP contribution in [0.3, 0.4) is 0 Å². The molecular weight excluding hydrogens is 617 g/mol. The van der Waals surface area contributed by atoms with Gasteiger partial charge in [0.05, 0.1) is 34.9 Å². The Morgan fingerprint density at radius 3 is 2.33 bits per heavy atom. The van der Waals surface area contributed by atoms with Crippen LogP contribution in [0, 0.1) is 28.5 Å². The summed E-state index contributed by atoms with van der Waals surface area (Å²) in [4.78, 5) is 19.4. The summed E-state index contributed by atoms with van der Waals surface area (Å²) in [6, 6.07) is 10.8. The minimum absolute atomic E-state index is 0.0132. The Morgan fingerprint density at radius 2 is 1.76 bits per heavy atom. The first kappa shape index (κ1) is 31.1. The number of nitriles is 1. The number of carbonyl (C=O) groups excluding carboxylic acids is 1. The van der Waals surface area contributed by atoms with Gasteiger partial charge in [0, 0.05) is 55.4 Å². The highest BCUT2D eigenvalue weighted by Gasteiger charge is 2.51. The van der Waals surface area contributed by atoms with Gasteiger partial charge in [0.15, 0.2) is 15.7 Å². The van der Waals surface area contributed by atoms with Gasteiger partial charge in [-0.3, -0.25) is 4.79 Å². The van der Waals surface area contributed by atoms with E-state index in [2.05, 4.69) is 16.2 Å². The van der Waals surface area contributed by atoms with E-state index >= 15 is 0 Å². The van der Waals surface area contributed by atoms with Gasteiger partial charge < -0.3 is 4.90 Å². The molecule has 0 amide bonds. The lowest BCUT2D eigenvalue weighted by Gasteiger charge is -2.35. The van der Waals surface area contributed by atoms with Crippen LogP contribution in [0.25, 0.3) is 16.9 Å². The number of Topliss-reactive ketones (excluding diaryl/α,β-unsaturated/α-hetero) is 1. The molecule has 8 nitrogen and oxygen atoms in total. The van der Waals surface area contributed by atoms with Crippen molar-refractivity contribution in [3.8, 4) is 23.0 Å². The van der Waals surface area contributed by atoms with E-state index < -0.39 is 69.6 Å². The molecule has 0 unspecified atom stereocenters. The third-order valence-corrected chi connectivity index (χ3v) is 10.8. The Balaban J connectivity index is 1.46. The summed E-state index contributed by atoms with van der Waals surface area (Å²) >= 11 is 0. The number of pyridine rings is 1. The third kappa shape index (κ3) is 6.32. The number of alkyl halides is 4. The Morgan fingerprint density at radius 1 is 1.07 bits per heavy atom. The van der Waals surface area contributed by atoms with Crippen LogP contribution < -0.4 is 4.90 Å². The zero-order valence-corrected chi connectivity index (χ0v) is 24.9. The fraction of sp³-hybridized carbons (Fsp3) is 0.484. The van der Waals surface area contributed by atoms with Crippen LogP contribution in [0.2, 0.25) is 0 Å². The molecule has 238 valence electrons. The lowest BCUT2D eigenvalue weighted by molar-refractivity contribution is -0.132. The van der Waals surface area contributed by atoms with Crippen LogP contribution in [-0.4, -0.2) is 59.5 Å². The molecule has 0 spiro atoms. The van der Waals surface area contributed by atoms with E-state index in [0.29, 0.717) is 24.1 Å². The van der Waals surface area contributed by atoms with Gasteiger partial charge in [-0.05, 0) is 49.1 Å². The van der Waals surface area contributed by atoms with Crippen molar-refractivity contribution < 1.29 is 35.2 Å². The van der Waals surface area contributed by atoms with Crippen molar-refractivity contribution in [2.45, 2.75) is 56.8 Å². The number of sulfone groups is 1. The number of anilines is 1. The number of aromatic nitrogens is 3. The second kappa shape index (κ2) is 11.5. The summed E-state index contributed by atoms with van der Waals surface area (Å²) in [5, 5.41) is 14.0. The predicted molar refractivity (Wildman–Crippen MR) is 155 cm³/mol. The first-order chi connectivity index (χ1) is 21.3. The molecule has 14 heteroatoms. The lowest BCUT2D eigenvalue weighted by atomic mass is 9.71. The van der Waals surface area contributed by atoms with Gasteiger partial charge in [0.1, 0.15) is 17.3 Å². The summed E-state index contributed by atoms with van der Waals surface area (Å²) in [5.41, 5.74) is -0.492. The normalized spacial score (nSPS) is 23.4. The molecule has 1 saturated heterocycles. The maximum absolute atomic E-state index is 15.0. The highest BCUT2D eigenvalue weighted by Crippen LogP contribution is 2.53. The summed E-state index contributed by atoms with van der Waals surface area (Å²) < 4.78 is 97.9. The van der Waals surface area contributed by atoms with Gasteiger partial charge >= 0.3 is 0 Å². The van der Waals surface area contributed by atoms with Crippen LogP contribution in [0.1, 0.15) is 62.3 Å². The maximum Gasteiger partial charge on any atom is 0.281 e. The van der Waals surface area contributed by atoms with Crippen molar-refractivity contribution in [1.82, 2.24) is 14.8 Å². The van der Waals surface area contributed by atoms with Crippen molar-refractivity contribution in [3.63, 3.8) is 0 Å². The zero-order valence-electron chi connectivity index (χ0n) is 24.1. The molecule has 0 radical (unpaired) electrons. The molecule has 1 aromatic carbocycles. The first-order valence-corrected chi connectivity index (χ1v) is 16.5. The fourth-order valence-corrected chi connectivity index (χ4v) is 7.63. The number of hydrogen-bond donors (Lipinski definition) is 0. The van der Waals surface area contributed by atoms with Gasteiger partial charge in [-0.15, -0.1) is 0 Å². The molecule has 3 heterocycles. The summed E-state index contributed by atoms with van der Waals surface area (Å²) in [7, 11) is -3.13. The summed E-state index contributed by atoms with van der Waals surface area (Å²) in [6.07, 6.45) is -3.05. The largest absolute Gasteiger partial charge is 0.369 e. The second-order valence-electron chi connectivity index (χ2n) is 12.2. The molecule has 2 aromatic heterocycles. The molecule has 1 aliphatic heterocycles. The molecule has 2 atom stereocenters. The number of nitrogens with zero attached hydrogens (tertiary/aromatic N) is 5. The Hall–Kier alpha value is -3.86. The SMILES string of the molecule is N#CC1(CC(=O)[C@@H]2CC(F)(F)CC[C@H]2c2nn(-c3ccc(F)cn3)c(C(F)F)c2-c2ccc(N3CCS(=O)(=O)CC3)cc2)CC1. The second-order valence-corrected chi connectivity index (χ2v) is 14.5. The summed E-state index contributed by atoms with van der Waals surface area (Å²) in [6.45, 7) is 0.543. The minimum Gasteiger partial charge on any atom is -0.369 e. The van der Waals surface area contributed by atoms with Gasteiger partial charge in [-0.2, -0.15) is 10.4 Å². The fourth-order valence-electron chi connectivity index (χ4n) is 6.43. The molecule has 6 rings (SSSR count). The average Bonchev–Trinajstić information content (AvgIpc) is 3.66. The summed E-state index contributed by atoms with van der Waals surface area (Å²) in [5.74, 6) is -6.73. The Bertz CT molecular complexity index is 1740. The van der Waals surface area contributed by atoms with Gasteiger partial charge in [-0.25, -0.2) is 40.0 Å². The van der Waals surface area contributed by atoms with E-state index in [9.17, 15) is 40.4 Å².